The van der Waals surface area contributed by atoms with Crippen molar-refractivity contribution in [2.24, 2.45) is 5.14 Å². The third kappa shape index (κ3) is 2.67. The van der Waals surface area contributed by atoms with Crippen LogP contribution in [0.1, 0.15) is 0 Å². The van der Waals surface area contributed by atoms with Gasteiger partial charge in [-0.15, -0.1) is 0 Å². The number of aromatic hydroxyl groups is 1. The Labute approximate surface area is 103 Å². The fraction of sp³-hybridized carbons (Fsp3) is 0. The first kappa shape index (κ1) is 11.5. The van der Waals surface area contributed by atoms with E-state index in [4.69, 9.17) is 5.14 Å². The number of benzene rings is 1. The molecule has 0 unspecified atom stereocenters. The van der Waals surface area contributed by atoms with Crippen LogP contribution in [0.4, 0.5) is 0 Å². The van der Waals surface area contributed by atoms with Crippen LogP contribution in [0.2, 0.25) is 0 Å². The lowest BCUT2D eigenvalue weighted by molar-refractivity contribution is 0.469. The highest BCUT2D eigenvalue weighted by Gasteiger charge is 2.14. The molecule has 1 aromatic carbocycles. The van der Waals surface area contributed by atoms with Crippen LogP contribution in [0.5, 0.6) is 5.75 Å². The molecule has 0 amide bonds. The molecule has 7 heteroatoms. The van der Waals surface area contributed by atoms with Gasteiger partial charge in [-0.3, -0.25) is 0 Å². The van der Waals surface area contributed by atoms with Gasteiger partial charge in [0.2, 0.25) is 10.0 Å². The Morgan fingerprint density at radius 2 is 1.77 bits per heavy atom. The molecule has 72 valence electrons. The Morgan fingerprint density at radius 1 is 1.23 bits per heavy atom. The zero-order chi connectivity index (χ0) is 10.2. The number of phenolic OH excluding ortho intramolecular Hbond substituents is 1. The number of rotatable bonds is 1. The summed E-state index contributed by atoms with van der Waals surface area (Å²) in [5.41, 5.74) is 0. The fourth-order valence-corrected chi connectivity index (χ4v) is 3.79. The highest BCUT2D eigenvalue weighted by atomic mass is 127. The van der Waals surface area contributed by atoms with E-state index in [0.29, 0.717) is 7.14 Å². The largest absolute Gasteiger partial charge is 0.507 e. The van der Waals surface area contributed by atoms with E-state index in [2.05, 4.69) is 0 Å². The third-order valence-corrected chi connectivity index (χ3v) is 4.38. The van der Waals surface area contributed by atoms with E-state index in [0.717, 1.165) is 6.07 Å². The van der Waals surface area contributed by atoms with Crippen molar-refractivity contribution < 1.29 is 13.5 Å². The summed E-state index contributed by atoms with van der Waals surface area (Å²) in [5, 5.41) is 14.2. The minimum absolute atomic E-state index is 0.0500. The van der Waals surface area contributed by atoms with Crippen LogP contribution in [0.25, 0.3) is 0 Å². The van der Waals surface area contributed by atoms with Gasteiger partial charge in [0.05, 0.1) is 8.47 Å². The summed E-state index contributed by atoms with van der Waals surface area (Å²) in [6.45, 7) is 0. The predicted molar refractivity (Wildman–Crippen MR) is 64.9 cm³/mol. The van der Waals surface area contributed by atoms with E-state index in [-0.39, 0.29) is 10.6 Å². The monoisotopic (exact) mass is 425 g/mol. The lowest BCUT2D eigenvalue weighted by Crippen LogP contribution is -2.13. The van der Waals surface area contributed by atoms with Crippen LogP contribution in [-0.2, 0) is 10.0 Å². The molecule has 0 radical (unpaired) electrons. The Hall–Kier alpha value is 0.390. The van der Waals surface area contributed by atoms with Crippen LogP contribution < -0.4 is 5.14 Å². The van der Waals surface area contributed by atoms with Crippen LogP contribution >= 0.6 is 45.2 Å². The smallest absolute Gasteiger partial charge is 0.239 e. The maximum atomic E-state index is 11.0. The average Bonchev–Trinajstić information content (AvgIpc) is 1.94. The highest BCUT2D eigenvalue weighted by molar-refractivity contribution is 14.1. The van der Waals surface area contributed by atoms with Crippen molar-refractivity contribution in [1.82, 2.24) is 0 Å². The van der Waals surface area contributed by atoms with Crippen LogP contribution in [0, 0.1) is 7.14 Å². The Balaban J connectivity index is 3.50. The van der Waals surface area contributed by atoms with Gasteiger partial charge >= 0.3 is 0 Å². The second kappa shape index (κ2) is 3.87. The van der Waals surface area contributed by atoms with Crippen molar-refractivity contribution in [2.45, 2.75) is 4.90 Å². The van der Waals surface area contributed by atoms with Crippen molar-refractivity contribution in [3.8, 4) is 5.75 Å². The van der Waals surface area contributed by atoms with Gasteiger partial charge in [0.25, 0.3) is 0 Å². The average molecular weight is 425 g/mol. The predicted octanol–water partition coefficient (Wildman–Crippen LogP) is 1.25. The standard InChI is InChI=1S/C6H5I2NO3S/c7-3-1-4(8)6(2-5(3)10)13(9,11)12/h1-2,10H,(H2,9,11,12). The molecule has 0 spiro atoms. The first-order valence-corrected chi connectivity index (χ1v) is 6.73. The van der Waals surface area contributed by atoms with E-state index in [1.165, 1.54) is 0 Å². The van der Waals surface area contributed by atoms with Gasteiger partial charge in [0.1, 0.15) is 5.75 Å². The van der Waals surface area contributed by atoms with Crippen LogP contribution in [-0.4, -0.2) is 13.5 Å². The number of sulfonamides is 1. The van der Waals surface area contributed by atoms with Crippen molar-refractivity contribution in [1.29, 1.82) is 0 Å². The maximum Gasteiger partial charge on any atom is 0.239 e. The molecule has 0 heterocycles. The summed E-state index contributed by atoms with van der Waals surface area (Å²) < 4.78 is 23.0. The molecule has 1 rings (SSSR count). The van der Waals surface area contributed by atoms with Crippen molar-refractivity contribution in [3.05, 3.63) is 19.3 Å². The van der Waals surface area contributed by atoms with Gasteiger partial charge in [-0.1, -0.05) is 0 Å². The van der Waals surface area contributed by atoms with E-state index in [1.807, 2.05) is 45.2 Å². The molecule has 13 heavy (non-hydrogen) atoms. The summed E-state index contributed by atoms with van der Waals surface area (Å²) in [6, 6.07) is 2.70. The summed E-state index contributed by atoms with van der Waals surface area (Å²) in [5.74, 6) is -0.0787. The molecule has 0 atom stereocenters. The molecule has 0 aliphatic heterocycles. The maximum absolute atomic E-state index is 11.0. The Bertz CT molecular complexity index is 443. The van der Waals surface area contributed by atoms with E-state index < -0.39 is 10.0 Å². The molecule has 0 aromatic heterocycles. The van der Waals surface area contributed by atoms with Gasteiger partial charge in [-0.25, -0.2) is 13.6 Å². The normalized spacial score (nSPS) is 11.6. The van der Waals surface area contributed by atoms with Crippen molar-refractivity contribution in [3.63, 3.8) is 0 Å². The zero-order valence-corrected chi connectivity index (χ0v) is 11.3. The molecule has 0 aliphatic carbocycles. The topological polar surface area (TPSA) is 80.4 Å². The van der Waals surface area contributed by atoms with Gasteiger partial charge in [0, 0.05) is 9.64 Å². The number of nitrogens with two attached hydrogens (primary N) is 1. The second-order valence-electron chi connectivity index (χ2n) is 2.28. The number of halogens is 2. The second-order valence-corrected chi connectivity index (χ2v) is 6.13. The minimum atomic E-state index is -3.74. The van der Waals surface area contributed by atoms with Crippen molar-refractivity contribution in [2.75, 3.05) is 0 Å². The molecule has 0 fully saturated rings. The Morgan fingerprint density at radius 3 is 2.23 bits per heavy atom. The summed E-state index contributed by atoms with van der Waals surface area (Å²) in [6.07, 6.45) is 0. The van der Waals surface area contributed by atoms with Gasteiger partial charge in [-0.2, -0.15) is 0 Å². The van der Waals surface area contributed by atoms with E-state index >= 15 is 0 Å². The summed E-state index contributed by atoms with van der Waals surface area (Å²) in [7, 11) is -3.74. The number of primary sulfonamides is 1. The molecule has 0 saturated carbocycles. The zero-order valence-electron chi connectivity index (χ0n) is 6.16. The SMILES string of the molecule is NS(=O)(=O)c1cc(O)c(I)cc1I. The molecule has 0 aliphatic rings. The highest BCUT2D eigenvalue weighted by Crippen LogP contribution is 2.27. The molecule has 1 aromatic rings. The molecule has 3 N–H and O–H groups in total. The molecular weight excluding hydrogens is 420 g/mol. The quantitative estimate of drug-likeness (QED) is 0.666. The molecule has 4 nitrogen and oxygen atoms in total. The Kier molecular flexibility index (Phi) is 3.41. The van der Waals surface area contributed by atoms with E-state index in [9.17, 15) is 13.5 Å². The lowest BCUT2D eigenvalue weighted by atomic mass is 10.3. The summed E-state index contributed by atoms with van der Waals surface area (Å²) >= 11 is 3.76. The van der Waals surface area contributed by atoms with Crippen LogP contribution in [0.15, 0.2) is 17.0 Å². The van der Waals surface area contributed by atoms with Crippen LogP contribution in [0.3, 0.4) is 0 Å². The number of hydrogen-bond donors (Lipinski definition) is 2. The van der Waals surface area contributed by atoms with Crippen molar-refractivity contribution >= 4 is 55.2 Å². The minimum Gasteiger partial charge on any atom is -0.507 e. The fourth-order valence-electron chi connectivity index (χ4n) is 0.736. The van der Waals surface area contributed by atoms with Gasteiger partial charge < -0.3 is 5.11 Å². The number of hydrogen-bond acceptors (Lipinski definition) is 3. The molecule has 0 bridgehead atoms. The first-order valence-electron chi connectivity index (χ1n) is 3.03. The lowest BCUT2D eigenvalue weighted by Gasteiger charge is -2.03. The third-order valence-electron chi connectivity index (χ3n) is 1.31. The van der Waals surface area contributed by atoms with E-state index in [1.54, 1.807) is 6.07 Å². The number of phenols is 1. The van der Waals surface area contributed by atoms with Gasteiger partial charge in [0.15, 0.2) is 0 Å². The molecule has 0 saturated heterocycles. The first-order chi connectivity index (χ1) is 5.82. The summed E-state index contributed by atoms with van der Waals surface area (Å²) in [4.78, 5) is -0.0500. The van der Waals surface area contributed by atoms with Gasteiger partial charge in [-0.05, 0) is 51.2 Å². The molecular formula is C6H5I2NO3S.